The number of aromatic hydroxyl groups is 2. The number of para-hydroxylation sites is 1. The molecule has 7 nitrogen and oxygen atoms in total. The molecule has 0 fully saturated rings. The summed E-state index contributed by atoms with van der Waals surface area (Å²) in [5, 5.41) is 40.1. The maximum absolute atomic E-state index is 10.7. The first-order chi connectivity index (χ1) is 16.1. The van der Waals surface area contributed by atoms with Crippen LogP contribution in [-0.2, 0) is 13.0 Å². The molecule has 162 valence electrons. The number of furan rings is 1. The van der Waals surface area contributed by atoms with E-state index in [0.717, 1.165) is 16.5 Å². The van der Waals surface area contributed by atoms with E-state index in [-0.39, 0.29) is 11.5 Å². The van der Waals surface area contributed by atoms with E-state index in [2.05, 4.69) is 16.4 Å². The summed E-state index contributed by atoms with van der Waals surface area (Å²) in [6.45, 7) is 2.24. The lowest BCUT2D eigenvalue weighted by atomic mass is 9.99. The van der Waals surface area contributed by atoms with Gasteiger partial charge in [-0.25, -0.2) is 4.68 Å². The summed E-state index contributed by atoms with van der Waals surface area (Å²) in [7, 11) is 0. The van der Waals surface area contributed by atoms with Crippen LogP contribution >= 0.6 is 0 Å². The van der Waals surface area contributed by atoms with Crippen LogP contribution in [0.1, 0.15) is 23.6 Å². The predicted octanol–water partition coefficient (Wildman–Crippen LogP) is 5.25. The molecule has 0 bridgehead atoms. The molecule has 0 saturated carbocycles. The smallest absolute Gasteiger partial charge is 0.134 e. The number of aromatic nitrogens is 3. The zero-order valence-corrected chi connectivity index (χ0v) is 17.9. The Bertz CT molecular complexity index is 1520. The maximum atomic E-state index is 10.7. The van der Waals surface area contributed by atoms with Crippen LogP contribution in [0, 0.1) is 11.3 Å². The lowest BCUT2D eigenvalue weighted by Crippen LogP contribution is -2.05. The zero-order chi connectivity index (χ0) is 22.9. The van der Waals surface area contributed by atoms with Crippen molar-refractivity contribution in [2.45, 2.75) is 19.9 Å². The Labute approximate surface area is 189 Å². The van der Waals surface area contributed by atoms with Gasteiger partial charge in [0.2, 0.25) is 0 Å². The van der Waals surface area contributed by atoms with Crippen molar-refractivity contribution < 1.29 is 14.6 Å². The third-order valence-corrected chi connectivity index (χ3v) is 5.76. The molecule has 5 rings (SSSR count). The number of hydrogen-bond acceptors (Lipinski definition) is 6. The average molecular weight is 436 g/mol. The number of aryl methyl sites for hydroxylation is 1. The lowest BCUT2D eigenvalue weighted by molar-refractivity contribution is 0.447. The van der Waals surface area contributed by atoms with Gasteiger partial charge in [0.05, 0.1) is 18.2 Å². The van der Waals surface area contributed by atoms with Crippen molar-refractivity contribution in [3.63, 3.8) is 0 Å². The Hall–Kier alpha value is -4.57. The highest BCUT2D eigenvalue weighted by Crippen LogP contribution is 2.41. The van der Waals surface area contributed by atoms with Gasteiger partial charge in [-0.15, -0.1) is 5.10 Å². The first kappa shape index (κ1) is 20.3. The van der Waals surface area contributed by atoms with Crippen LogP contribution in [0.3, 0.4) is 0 Å². The van der Waals surface area contributed by atoms with Gasteiger partial charge in [0.25, 0.3) is 0 Å². The highest BCUT2D eigenvalue weighted by Gasteiger charge is 2.24. The van der Waals surface area contributed by atoms with Crippen molar-refractivity contribution in [3.8, 4) is 40.1 Å². The molecule has 33 heavy (non-hydrogen) atoms. The summed E-state index contributed by atoms with van der Waals surface area (Å²) in [6.07, 6.45) is 2.24. The topological polar surface area (TPSA) is 108 Å². The monoisotopic (exact) mass is 436 g/mol. The fraction of sp³-hybridized carbons (Fsp3) is 0.115. The second-order valence-corrected chi connectivity index (χ2v) is 7.71. The molecule has 0 aliphatic heterocycles. The fourth-order valence-corrected chi connectivity index (χ4v) is 4.06. The van der Waals surface area contributed by atoms with Gasteiger partial charge in [-0.05, 0) is 35.7 Å². The molecular weight excluding hydrogens is 416 g/mol. The minimum Gasteiger partial charge on any atom is -0.508 e. The number of phenols is 2. The second-order valence-electron chi connectivity index (χ2n) is 7.71. The largest absolute Gasteiger partial charge is 0.508 e. The second kappa shape index (κ2) is 8.17. The number of fused-ring (bicyclic) bond motifs is 1. The van der Waals surface area contributed by atoms with Crippen LogP contribution in [-0.4, -0.2) is 25.2 Å². The van der Waals surface area contributed by atoms with Gasteiger partial charge < -0.3 is 14.6 Å². The van der Waals surface area contributed by atoms with E-state index >= 15 is 0 Å². The summed E-state index contributed by atoms with van der Waals surface area (Å²) >= 11 is 0. The number of rotatable bonds is 5. The minimum absolute atomic E-state index is 0.0319. The first-order valence-electron chi connectivity index (χ1n) is 10.5. The molecule has 0 unspecified atom stereocenters. The lowest BCUT2D eigenvalue weighted by Gasteiger charge is -2.11. The highest BCUT2D eigenvalue weighted by molar-refractivity contribution is 5.97. The van der Waals surface area contributed by atoms with Crippen molar-refractivity contribution >= 4 is 11.0 Å². The molecular formula is C26H20N4O3. The highest BCUT2D eigenvalue weighted by atomic mass is 16.3. The van der Waals surface area contributed by atoms with Gasteiger partial charge in [0.15, 0.2) is 0 Å². The van der Waals surface area contributed by atoms with Crippen molar-refractivity contribution in [1.82, 2.24) is 15.0 Å². The van der Waals surface area contributed by atoms with Crippen LogP contribution in [0.25, 0.3) is 33.5 Å². The standard InChI is InChI=1S/C26H20N4O3/c1-2-16-11-20(23(32)12-22(16)31)25-26(21-15-33-24-10-6-5-9-19(21)24)30(29-28-25)14-18-8-4-3-7-17(18)13-27/h3-12,15,31-32H,2,14H2,1H3. The van der Waals surface area contributed by atoms with E-state index in [1.807, 2.05) is 49.4 Å². The molecule has 5 aromatic rings. The minimum atomic E-state index is -0.0942. The molecule has 2 heterocycles. The van der Waals surface area contributed by atoms with Crippen molar-refractivity contribution in [2.24, 2.45) is 0 Å². The van der Waals surface area contributed by atoms with Crippen LogP contribution < -0.4 is 0 Å². The van der Waals surface area contributed by atoms with Crippen LogP contribution in [0.4, 0.5) is 0 Å². The number of nitrogens with zero attached hydrogens (tertiary/aromatic N) is 4. The van der Waals surface area contributed by atoms with Crippen LogP contribution in [0.5, 0.6) is 11.5 Å². The van der Waals surface area contributed by atoms with Gasteiger partial charge in [-0.2, -0.15) is 5.26 Å². The predicted molar refractivity (Wildman–Crippen MR) is 124 cm³/mol. The molecule has 0 atom stereocenters. The molecule has 3 aromatic carbocycles. The van der Waals surface area contributed by atoms with E-state index in [1.54, 1.807) is 23.1 Å². The Morgan fingerprint density at radius 2 is 1.76 bits per heavy atom. The summed E-state index contributed by atoms with van der Waals surface area (Å²) in [5.74, 6) is -0.0624. The molecule has 0 spiro atoms. The number of phenolic OH excluding ortho intramolecular Hbond substituents is 2. The Morgan fingerprint density at radius 3 is 2.58 bits per heavy atom. The Kier molecular flexibility index (Phi) is 5.04. The van der Waals surface area contributed by atoms with E-state index in [0.29, 0.717) is 46.6 Å². The summed E-state index contributed by atoms with van der Waals surface area (Å²) < 4.78 is 7.49. The summed E-state index contributed by atoms with van der Waals surface area (Å²) in [5.41, 5.74) is 5.10. The van der Waals surface area contributed by atoms with E-state index in [9.17, 15) is 15.5 Å². The van der Waals surface area contributed by atoms with E-state index < -0.39 is 0 Å². The van der Waals surface area contributed by atoms with Gasteiger partial charge in [0.1, 0.15) is 34.7 Å². The first-order valence-corrected chi connectivity index (χ1v) is 10.5. The zero-order valence-electron chi connectivity index (χ0n) is 17.9. The quantitative estimate of drug-likeness (QED) is 0.389. The normalized spacial score (nSPS) is 11.0. The van der Waals surface area contributed by atoms with Crippen molar-refractivity contribution in [1.29, 1.82) is 5.26 Å². The van der Waals surface area contributed by atoms with Gasteiger partial charge in [-0.3, -0.25) is 0 Å². The van der Waals surface area contributed by atoms with E-state index in [1.165, 1.54) is 6.07 Å². The molecule has 0 radical (unpaired) electrons. The van der Waals surface area contributed by atoms with E-state index in [4.69, 9.17) is 4.42 Å². The van der Waals surface area contributed by atoms with Crippen molar-refractivity contribution in [3.05, 3.63) is 83.6 Å². The number of nitriles is 1. The Balaban J connectivity index is 1.76. The van der Waals surface area contributed by atoms with Gasteiger partial charge in [-0.1, -0.05) is 48.5 Å². The van der Waals surface area contributed by atoms with Crippen LogP contribution in [0.15, 0.2) is 71.3 Å². The molecule has 0 saturated heterocycles. The molecule has 0 aliphatic carbocycles. The van der Waals surface area contributed by atoms with Crippen LogP contribution in [0.2, 0.25) is 0 Å². The van der Waals surface area contributed by atoms with Gasteiger partial charge in [0, 0.05) is 22.6 Å². The summed E-state index contributed by atoms with van der Waals surface area (Å²) in [4.78, 5) is 0. The fourth-order valence-electron chi connectivity index (χ4n) is 4.06. The summed E-state index contributed by atoms with van der Waals surface area (Å²) in [6, 6.07) is 20.3. The van der Waals surface area contributed by atoms with Crippen molar-refractivity contribution in [2.75, 3.05) is 0 Å². The Morgan fingerprint density at radius 1 is 0.970 bits per heavy atom. The third-order valence-electron chi connectivity index (χ3n) is 5.76. The molecule has 0 amide bonds. The molecule has 7 heteroatoms. The molecule has 2 N–H and O–H groups in total. The molecule has 2 aromatic heterocycles. The number of hydrogen-bond donors (Lipinski definition) is 2. The SMILES string of the molecule is CCc1cc(-c2nnn(Cc3ccccc3C#N)c2-c2coc3ccccc23)c(O)cc1O. The third kappa shape index (κ3) is 3.48. The average Bonchev–Trinajstić information content (AvgIpc) is 3.43. The number of benzene rings is 3. The molecule has 0 aliphatic rings. The van der Waals surface area contributed by atoms with Gasteiger partial charge >= 0.3 is 0 Å². The maximum Gasteiger partial charge on any atom is 0.134 e.